The highest BCUT2D eigenvalue weighted by atomic mass is 19.3. The highest BCUT2D eigenvalue weighted by Crippen LogP contribution is 2.45. The van der Waals surface area contributed by atoms with Gasteiger partial charge in [0.1, 0.15) is 0 Å². The minimum Gasteiger partial charge on any atom is -0.288 e. The first-order valence-electron chi connectivity index (χ1n) is 6.62. The number of rotatable bonds is 2. The van der Waals surface area contributed by atoms with Crippen LogP contribution in [0.1, 0.15) is 62.0 Å². The van der Waals surface area contributed by atoms with Crippen LogP contribution in [0, 0.1) is 0 Å². The minimum atomic E-state index is -2.93. The van der Waals surface area contributed by atoms with Gasteiger partial charge in [0.15, 0.2) is 0 Å². The Labute approximate surface area is 113 Å². The third kappa shape index (κ3) is 2.43. The summed E-state index contributed by atoms with van der Waals surface area (Å²) in [6.45, 7) is 8.54. The molecule has 0 unspecified atom stereocenters. The first-order chi connectivity index (χ1) is 8.65. The van der Waals surface area contributed by atoms with Gasteiger partial charge in [0.2, 0.25) is 5.78 Å². The molecule has 0 aliphatic heterocycles. The minimum absolute atomic E-state index is 0.0390. The Bertz CT molecular complexity index is 515. The van der Waals surface area contributed by atoms with E-state index in [0.29, 0.717) is 0 Å². The summed E-state index contributed by atoms with van der Waals surface area (Å²) in [6, 6.07) is 5.06. The Morgan fingerprint density at radius 3 is 2.11 bits per heavy atom. The fourth-order valence-corrected chi connectivity index (χ4v) is 2.87. The molecule has 0 atom stereocenters. The van der Waals surface area contributed by atoms with Crippen LogP contribution >= 0.6 is 0 Å². The fraction of sp³-hybridized carbons (Fsp3) is 0.562. The van der Waals surface area contributed by atoms with Gasteiger partial charge in [0.05, 0.1) is 0 Å². The number of alkyl halides is 2. The summed E-state index contributed by atoms with van der Waals surface area (Å²) in [5.74, 6) is -1.08. The Hall–Kier alpha value is -1.25. The molecule has 104 valence electrons. The lowest BCUT2D eigenvalue weighted by Crippen LogP contribution is -2.34. The number of carbonyl (C=O) groups excluding carboxylic acids is 1. The second-order valence-electron chi connectivity index (χ2n) is 6.69. The number of halogens is 2. The van der Waals surface area contributed by atoms with Crippen LogP contribution in [0.5, 0.6) is 0 Å². The van der Waals surface area contributed by atoms with Crippen LogP contribution in [0.25, 0.3) is 0 Å². The van der Waals surface area contributed by atoms with Crippen LogP contribution in [0.3, 0.4) is 0 Å². The van der Waals surface area contributed by atoms with E-state index in [2.05, 4.69) is 27.7 Å². The van der Waals surface area contributed by atoms with Gasteiger partial charge in [-0.15, -0.1) is 0 Å². The van der Waals surface area contributed by atoms with Crippen molar-refractivity contribution in [2.24, 2.45) is 0 Å². The van der Waals surface area contributed by atoms with E-state index in [4.69, 9.17) is 0 Å². The molecular weight excluding hydrogens is 246 g/mol. The molecule has 0 spiro atoms. The van der Waals surface area contributed by atoms with Crippen LogP contribution in [0.15, 0.2) is 18.2 Å². The van der Waals surface area contributed by atoms with Crippen molar-refractivity contribution in [1.29, 1.82) is 0 Å². The zero-order chi connectivity index (χ0) is 14.4. The normalized spacial score (nSPS) is 20.2. The maximum absolute atomic E-state index is 12.5. The van der Waals surface area contributed by atoms with Gasteiger partial charge in [-0.25, -0.2) is 8.78 Å². The second kappa shape index (κ2) is 4.39. The van der Waals surface area contributed by atoms with Crippen LogP contribution in [-0.2, 0) is 10.8 Å². The molecule has 1 aliphatic rings. The molecule has 1 aromatic rings. The van der Waals surface area contributed by atoms with E-state index in [1.807, 2.05) is 6.07 Å². The molecule has 1 nitrogen and oxygen atoms in total. The lowest BCUT2D eigenvalue weighted by atomic mass is 9.63. The van der Waals surface area contributed by atoms with Gasteiger partial charge < -0.3 is 0 Å². The third-order valence-corrected chi connectivity index (χ3v) is 4.34. The maximum Gasteiger partial charge on any atom is 0.300 e. The van der Waals surface area contributed by atoms with Crippen molar-refractivity contribution in [1.82, 2.24) is 0 Å². The maximum atomic E-state index is 12.5. The highest BCUT2D eigenvalue weighted by molar-refractivity contribution is 5.98. The van der Waals surface area contributed by atoms with Crippen molar-refractivity contribution >= 4 is 5.78 Å². The summed E-state index contributed by atoms with van der Waals surface area (Å²) in [6.07, 6.45) is -0.869. The molecule has 0 heterocycles. The number of benzene rings is 1. The smallest absolute Gasteiger partial charge is 0.288 e. The van der Waals surface area contributed by atoms with Gasteiger partial charge in [-0.05, 0) is 40.9 Å². The largest absolute Gasteiger partial charge is 0.300 e. The molecule has 0 aromatic heterocycles. The van der Waals surface area contributed by atoms with Crippen LogP contribution in [0.2, 0.25) is 0 Å². The molecule has 2 rings (SSSR count). The van der Waals surface area contributed by atoms with E-state index in [9.17, 15) is 13.6 Å². The molecular formula is C16H20F2O. The first-order valence-corrected chi connectivity index (χ1v) is 6.62. The van der Waals surface area contributed by atoms with Crippen molar-refractivity contribution in [2.75, 3.05) is 0 Å². The van der Waals surface area contributed by atoms with E-state index in [0.717, 1.165) is 18.4 Å². The molecule has 3 heteroatoms. The summed E-state index contributed by atoms with van der Waals surface area (Å²) in [5, 5.41) is 0. The molecule has 0 fully saturated rings. The number of hydrogen-bond donors (Lipinski definition) is 0. The van der Waals surface area contributed by atoms with Gasteiger partial charge in [0, 0.05) is 5.56 Å². The summed E-state index contributed by atoms with van der Waals surface area (Å²) in [7, 11) is 0. The Balaban J connectivity index is 2.57. The number of fused-ring (bicyclic) bond motifs is 1. The van der Waals surface area contributed by atoms with Crippen LogP contribution < -0.4 is 0 Å². The van der Waals surface area contributed by atoms with E-state index in [1.54, 1.807) is 6.07 Å². The Kier molecular flexibility index (Phi) is 3.28. The van der Waals surface area contributed by atoms with E-state index in [1.165, 1.54) is 11.6 Å². The van der Waals surface area contributed by atoms with Crippen molar-refractivity contribution in [3.05, 3.63) is 34.9 Å². The van der Waals surface area contributed by atoms with Crippen molar-refractivity contribution in [3.63, 3.8) is 0 Å². The summed E-state index contributed by atoms with van der Waals surface area (Å²) >= 11 is 0. The number of ketones is 1. The van der Waals surface area contributed by atoms with E-state index < -0.39 is 12.2 Å². The average molecular weight is 266 g/mol. The van der Waals surface area contributed by atoms with E-state index >= 15 is 0 Å². The monoisotopic (exact) mass is 266 g/mol. The molecule has 0 saturated carbocycles. The molecule has 0 amide bonds. The summed E-state index contributed by atoms with van der Waals surface area (Å²) in [5.41, 5.74) is 2.31. The third-order valence-electron chi connectivity index (χ3n) is 4.34. The molecule has 1 aliphatic carbocycles. The van der Waals surface area contributed by atoms with Crippen LogP contribution in [0.4, 0.5) is 8.78 Å². The van der Waals surface area contributed by atoms with Gasteiger partial charge in [-0.2, -0.15) is 0 Å². The van der Waals surface area contributed by atoms with Crippen LogP contribution in [-0.4, -0.2) is 12.2 Å². The fourth-order valence-electron chi connectivity index (χ4n) is 2.87. The Morgan fingerprint density at radius 2 is 1.58 bits per heavy atom. The van der Waals surface area contributed by atoms with Crippen molar-refractivity contribution < 1.29 is 13.6 Å². The Morgan fingerprint density at radius 1 is 1.05 bits per heavy atom. The van der Waals surface area contributed by atoms with Gasteiger partial charge >= 0.3 is 6.43 Å². The quantitative estimate of drug-likeness (QED) is 0.721. The molecule has 0 bridgehead atoms. The van der Waals surface area contributed by atoms with E-state index in [-0.39, 0.29) is 16.4 Å². The highest BCUT2D eigenvalue weighted by Gasteiger charge is 2.37. The molecule has 0 N–H and O–H groups in total. The SMILES string of the molecule is CC1(C)CCC(C)(C)c2cc(C(=O)C(F)F)ccc21. The first kappa shape index (κ1) is 14.2. The number of hydrogen-bond acceptors (Lipinski definition) is 1. The standard InChI is InChI=1S/C16H20F2O/c1-15(2)7-8-16(3,4)12-9-10(5-6-11(12)15)13(19)14(17)18/h5-6,9,14H,7-8H2,1-4H3. The number of Topliss-reactive ketones (excluding diaryl/α,β-unsaturated/α-hetero) is 1. The van der Waals surface area contributed by atoms with Crippen molar-refractivity contribution in [3.8, 4) is 0 Å². The second-order valence-corrected chi connectivity index (χ2v) is 6.69. The topological polar surface area (TPSA) is 17.1 Å². The molecule has 0 radical (unpaired) electrons. The molecule has 1 aromatic carbocycles. The van der Waals surface area contributed by atoms with Gasteiger partial charge in [-0.1, -0.05) is 39.8 Å². The average Bonchev–Trinajstić information content (AvgIpc) is 2.33. The summed E-state index contributed by atoms with van der Waals surface area (Å²) < 4.78 is 25.1. The zero-order valence-corrected chi connectivity index (χ0v) is 11.9. The van der Waals surface area contributed by atoms with Crippen molar-refractivity contribution in [2.45, 2.75) is 57.8 Å². The number of carbonyl (C=O) groups is 1. The predicted molar refractivity (Wildman–Crippen MR) is 72.1 cm³/mol. The summed E-state index contributed by atoms with van der Waals surface area (Å²) in [4.78, 5) is 11.5. The lowest BCUT2D eigenvalue weighted by Gasteiger charge is -2.42. The molecule has 19 heavy (non-hydrogen) atoms. The van der Waals surface area contributed by atoms with Gasteiger partial charge in [-0.3, -0.25) is 4.79 Å². The zero-order valence-electron chi connectivity index (χ0n) is 11.9. The predicted octanol–water partition coefficient (Wildman–Crippen LogP) is 4.48. The lowest BCUT2D eigenvalue weighted by molar-refractivity contribution is 0.0678. The molecule has 0 saturated heterocycles. The van der Waals surface area contributed by atoms with Gasteiger partial charge in [0.25, 0.3) is 0 Å².